The SMILES string of the molecule is Cc1nc(C)n(C[C@@H]2CCCN2[C@H](C)c2nnc(C)o2)n1. The van der Waals surface area contributed by atoms with E-state index in [0.29, 0.717) is 17.8 Å². The van der Waals surface area contributed by atoms with Crippen molar-refractivity contribution in [1.82, 2.24) is 29.9 Å². The van der Waals surface area contributed by atoms with Crippen LogP contribution in [0.4, 0.5) is 0 Å². The van der Waals surface area contributed by atoms with Crippen molar-refractivity contribution in [2.75, 3.05) is 6.54 Å². The molecule has 2 atom stereocenters. The Balaban J connectivity index is 1.74. The Morgan fingerprint density at radius 3 is 2.71 bits per heavy atom. The number of hydrogen-bond acceptors (Lipinski definition) is 6. The summed E-state index contributed by atoms with van der Waals surface area (Å²) in [6.07, 6.45) is 2.35. The van der Waals surface area contributed by atoms with Crippen LogP contribution in [-0.2, 0) is 6.54 Å². The number of nitrogens with zero attached hydrogens (tertiary/aromatic N) is 6. The van der Waals surface area contributed by atoms with E-state index in [2.05, 4.69) is 32.1 Å². The van der Waals surface area contributed by atoms with Gasteiger partial charge in [0, 0.05) is 13.0 Å². The lowest BCUT2D eigenvalue weighted by atomic mass is 10.2. The van der Waals surface area contributed by atoms with E-state index in [0.717, 1.165) is 31.2 Å². The van der Waals surface area contributed by atoms with Gasteiger partial charge in [-0.05, 0) is 40.2 Å². The maximum atomic E-state index is 5.59. The van der Waals surface area contributed by atoms with Crippen LogP contribution in [0.25, 0.3) is 0 Å². The number of likely N-dealkylation sites (tertiary alicyclic amines) is 1. The minimum atomic E-state index is 0.142. The highest BCUT2D eigenvalue weighted by Gasteiger charge is 2.32. The summed E-state index contributed by atoms with van der Waals surface area (Å²) in [4.78, 5) is 6.81. The molecule has 3 heterocycles. The lowest BCUT2D eigenvalue weighted by Crippen LogP contribution is -2.35. The van der Waals surface area contributed by atoms with Gasteiger partial charge in [0.25, 0.3) is 0 Å². The third kappa shape index (κ3) is 2.83. The first kappa shape index (κ1) is 14.2. The molecular formula is C14H22N6O. The van der Waals surface area contributed by atoms with Crippen LogP contribution in [0.1, 0.15) is 49.2 Å². The van der Waals surface area contributed by atoms with E-state index in [4.69, 9.17) is 4.42 Å². The van der Waals surface area contributed by atoms with Crippen LogP contribution in [0, 0.1) is 20.8 Å². The van der Waals surface area contributed by atoms with Crippen LogP contribution in [0.3, 0.4) is 0 Å². The van der Waals surface area contributed by atoms with Crippen molar-refractivity contribution >= 4 is 0 Å². The molecule has 0 aliphatic carbocycles. The Labute approximate surface area is 124 Å². The Hall–Kier alpha value is -1.76. The van der Waals surface area contributed by atoms with E-state index in [9.17, 15) is 0 Å². The molecule has 1 aliphatic rings. The Bertz CT molecular complexity index is 619. The van der Waals surface area contributed by atoms with Crippen LogP contribution in [0.2, 0.25) is 0 Å². The highest BCUT2D eigenvalue weighted by Crippen LogP contribution is 2.29. The molecule has 0 N–H and O–H groups in total. The molecule has 3 rings (SSSR count). The maximum absolute atomic E-state index is 5.59. The van der Waals surface area contributed by atoms with Gasteiger partial charge in [-0.25, -0.2) is 9.67 Å². The smallest absolute Gasteiger partial charge is 0.233 e. The lowest BCUT2D eigenvalue weighted by molar-refractivity contribution is 0.150. The van der Waals surface area contributed by atoms with Gasteiger partial charge in [-0.1, -0.05) is 0 Å². The van der Waals surface area contributed by atoms with E-state index in [-0.39, 0.29) is 6.04 Å². The molecule has 2 aromatic heterocycles. The molecule has 1 fully saturated rings. The van der Waals surface area contributed by atoms with Crippen molar-refractivity contribution < 1.29 is 4.42 Å². The summed E-state index contributed by atoms with van der Waals surface area (Å²) in [6, 6.07) is 0.579. The molecule has 0 saturated carbocycles. The first-order valence-electron chi connectivity index (χ1n) is 7.48. The summed E-state index contributed by atoms with van der Waals surface area (Å²) in [5.41, 5.74) is 0. The second-order valence-corrected chi connectivity index (χ2v) is 5.76. The van der Waals surface area contributed by atoms with Crippen molar-refractivity contribution in [3.63, 3.8) is 0 Å². The Kier molecular flexibility index (Phi) is 3.75. The highest BCUT2D eigenvalue weighted by molar-refractivity contribution is 4.95. The predicted molar refractivity (Wildman–Crippen MR) is 76.7 cm³/mol. The summed E-state index contributed by atoms with van der Waals surface area (Å²) in [5, 5.41) is 12.6. The van der Waals surface area contributed by atoms with Gasteiger partial charge in [0.2, 0.25) is 11.8 Å². The van der Waals surface area contributed by atoms with Crippen molar-refractivity contribution in [1.29, 1.82) is 0 Å². The Morgan fingerprint density at radius 2 is 2.10 bits per heavy atom. The van der Waals surface area contributed by atoms with Gasteiger partial charge in [-0.2, -0.15) is 5.10 Å². The monoisotopic (exact) mass is 290 g/mol. The predicted octanol–water partition coefficient (Wildman–Crippen LogP) is 1.81. The second kappa shape index (κ2) is 5.55. The molecule has 21 heavy (non-hydrogen) atoms. The summed E-state index contributed by atoms with van der Waals surface area (Å²) < 4.78 is 7.59. The first-order valence-corrected chi connectivity index (χ1v) is 7.48. The number of aryl methyl sites for hydroxylation is 3. The van der Waals surface area contributed by atoms with Crippen LogP contribution in [0.5, 0.6) is 0 Å². The molecule has 1 aliphatic heterocycles. The van der Waals surface area contributed by atoms with E-state index in [1.807, 2.05) is 25.5 Å². The molecule has 2 aromatic rings. The highest BCUT2D eigenvalue weighted by atomic mass is 16.4. The zero-order valence-corrected chi connectivity index (χ0v) is 13.1. The molecule has 0 bridgehead atoms. The van der Waals surface area contributed by atoms with Crippen LogP contribution in [-0.4, -0.2) is 42.4 Å². The quantitative estimate of drug-likeness (QED) is 0.855. The third-order valence-corrected chi connectivity index (χ3v) is 4.17. The molecule has 0 amide bonds. The van der Waals surface area contributed by atoms with Gasteiger partial charge in [0.05, 0.1) is 12.6 Å². The normalized spacial score (nSPS) is 21.0. The molecule has 114 valence electrons. The van der Waals surface area contributed by atoms with Gasteiger partial charge in [-0.15, -0.1) is 10.2 Å². The molecule has 0 spiro atoms. The molecular weight excluding hydrogens is 268 g/mol. The van der Waals surface area contributed by atoms with Gasteiger partial charge >= 0.3 is 0 Å². The fraction of sp³-hybridized carbons (Fsp3) is 0.714. The fourth-order valence-corrected chi connectivity index (χ4v) is 3.12. The minimum Gasteiger partial charge on any atom is -0.424 e. The van der Waals surface area contributed by atoms with Crippen molar-refractivity contribution in [3.8, 4) is 0 Å². The fourth-order valence-electron chi connectivity index (χ4n) is 3.12. The van der Waals surface area contributed by atoms with E-state index >= 15 is 0 Å². The second-order valence-electron chi connectivity index (χ2n) is 5.76. The van der Waals surface area contributed by atoms with Gasteiger partial charge in [-0.3, -0.25) is 4.90 Å². The van der Waals surface area contributed by atoms with Crippen molar-refractivity contribution in [2.24, 2.45) is 0 Å². The summed E-state index contributed by atoms with van der Waals surface area (Å²) in [5.74, 6) is 3.12. The topological polar surface area (TPSA) is 72.9 Å². The summed E-state index contributed by atoms with van der Waals surface area (Å²) in [6.45, 7) is 9.81. The molecule has 0 radical (unpaired) electrons. The number of hydrogen-bond donors (Lipinski definition) is 0. The zero-order chi connectivity index (χ0) is 15.0. The standard InChI is InChI=1S/C14H22N6O/c1-9(14-17-16-12(4)21-14)19-7-5-6-13(19)8-20-11(3)15-10(2)18-20/h9,13H,5-8H2,1-4H3/t9-,13+/m1/s1. The average molecular weight is 290 g/mol. The molecule has 7 nitrogen and oxygen atoms in total. The number of aromatic nitrogens is 5. The molecule has 0 unspecified atom stereocenters. The Morgan fingerprint density at radius 1 is 1.29 bits per heavy atom. The molecule has 1 saturated heterocycles. The van der Waals surface area contributed by atoms with Crippen molar-refractivity contribution in [2.45, 2.75) is 59.2 Å². The summed E-state index contributed by atoms with van der Waals surface area (Å²) >= 11 is 0. The van der Waals surface area contributed by atoms with Gasteiger partial charge in [0.15, 0.2) is 0 Å². The van der Waals surface area contributed by atoms with E-state index in [1.165, 1.54) is 6.42 Å². The van der Waals surface area contributed by atoms with Crippen LogP contribution >= 0.6 is 0 Å². The zero-order valence-electron chi connectivity index (χ0n) is 13.1. The molecule has 7 heteroatoms. The van der Waals surface area contributed by atoms with E-state index < -0.39 is 0 Å². The number of rotatable bonds is 4. The summed E-state index contributed by atoms with van der Waals surface area (Å²) in [7, 11) is 0. The van der Waals surface area contributed by atoms with Crippen LogP contribution in [0.15, 0.2) is 4.42 Å². The van der Waals surface area contributed by atoms with Crippen LogP contribution < -0.4 is 0 Å². The van der Waals surface area contributed by atoms with Gasteiger partial charge in [0.1, 0.15) is 11.6 Å². The third-order valence-electron chi connectivity index (χ3n) is 4.17. The first-order chi connectivity index (χ1) is 10.0. The largest absolute Gasteiger partial charge is 0.424 e. The van der Waals surface area contributed by atoms with Gasteiger partial charge < -0.3 is 4.42 Å². The lowest BCUT2D eigenvalue weighted by Gasteiger charge is -2.28. The maximum Gasteiger partial charge on any atom is 0.233 e. The van der Waals surface area contributed by atoms with Crippen molar-refractivity contribution in [3.05, 3.63) is 23.4 Å². The van der Waals surface area contributed by atoms with E-state index in [1.54, 1.807) is 0 Å². The molecule has 0 aromatic carbocycles. The minimum absolute atomic E-state index is 0.142. The average Bonchev–Trinajstić information content (AvgIpc) is 3.12.